The summed E-state index contributed by atoms with van der Waals surface area (Å²) < 4.78 is 5.49. The van der Waals surface area contributed by atoms with E-state index in [1.54, 1.807) is 6.08 Å². The molecule has 0 radical (unpaired) electrons. The molecule has 0 aromatic carbocycles. The third-order valence-electron chi connectivity index (χ3n) is 13.8. The number of carbonyl (C=O) groups excluding carboxylic acids is 2. The van der Waals surface area contributed by atoms with Crippen LogP contribution in [0.1, 0.15) is 328 Å². The molecular weight excluding hydrogens is 803 g/mol. The summed E-state index contributed by atoms with van der Waals surface area (Å²) in [5.74, 6) is -0.0627. The van der Waals surface area contributed by atoms with E-state index in [0.717, 1.165) is 38.5 Å². The van der Waals surface area contributed by atoms with Crippen LogP contribution in [0.5, 0.6) is 0 Å². The molecule has 0 aromatic rings. The molecular formula is C59H115NO5. The second-order valence-corrected chi connectivity index (χ2v) is 20.3. The van der Waals surface area contributed by atoms with E-state index < -0.39 is 12.1 Å². The minimum Gasteiger partial charge on any atom is -0.466 e. The van der Waals surface area contributed by atoms with Gasteiger partial charge in [0.2, 0.25) is 5.91 Å². The molecule has 6 heteroatoms. The second-order valence-electron chi connectivity index (χ2n) is 20.3. The van der Waals surface area contributed by atoms with E-state index in [1.807, 2.05) is 6.08 Å². The van der Waals surface area contributed by atoms with Crippen molar-refractivity contribution in [2.75, 3.05) is 13.2 Å². The van der Waals surface area contributed by atoms with Crippen LogP contribution in [0.15, 0.2) is 12.2 Å². The summed E-state index contributed by atoms with van der Waals surface area (Å²) in [6, 6.07) is -0.630. The SMILES string of the molecule is CCCCCCCCCCCCC/C=C/C(O)C(CO)NC(=O)CCCCCCCCCCCCCCCCCCCOC(=O)CCCCCCCCCCCCCCCCCCCC. The van der Waals surface area contributed by atoms with E-state index >= 15 is 0 Å². The van der Waals surface area contributed by atoms with Crippen LogP contribution in [0.2, 0.25) is 0 Å². The summed E-state index contributed by atoms with van der Waals surface area (Å²) in [6.07, 6.45) is 65.2. The Labute approximate surface area is 406 Å². The topological polar surface area (TPSA) is 95.9 Å². The second kappa shape index (κ2) is 55.2. The smallest absolute Gasteiger partial charge is 0.305 e. The fourth-order valence-electron chi connectivity index (χ4n) is 9.28. The zero-order chi connectivity index (χ0) is 47.2. The van der Waals surface area contributed by atoms with Gasteiger partial charge in [-0.2, -0.15) is 0 Å². The fourth-order valence-corrected chi connectivity index (χ4v) is 9.28. The third-order valence-corrected chi connectivity index (χ3v) is 13.8. The van der Waals surface area contributed by atoms with Crippen molar-refractivity contribution in [1.82, 2.24) is 5.32 Å². The summed E-state index contributed by atoms with van der Waals surface area (Å²) >= 11 is 0. The first-order valence-corrected chi connectivity index (χ1v) is 29.5. The molecule has 0 spiro atoms. The Balaban J connectivity index is 3.39. The Morgan fingerprint density at radius 1 is 0.415 bits per heavy atom. The molecule has 2 atom stereocenters. The van der Waals surface area contributed by atoms with Crippen LogP contribution in [0.25, 0.3) is 0 Å². The number of aliphatic hydroxyl groups excluding tert-OH is 2. The van der Waals surface area contributed by atoms with Crippen molar-refractivity contribution in [2.45, 2.75) is 341 Å². The van der Waals surface area contributed by atoms with E-state index in [0.29, 0.717) is 19.4 Å². The number of nitrogens with one attached hydrogen (secondary N) is 1. The molecule has 65 heavy (non-hydrogen) atoms. The van der Waals surface area contributed by atoms with Gasteiger partial charge in [-0.05, 0) is 32.1 Å². The van der Waals surface area contributed by atoms with Crippen LogP contribution in [-0.2, 0) is 14.3 Å². The van der Waals surface area contributed by atoms with Crippen LogP contribution in [0.3, 0.4) is 0 Å². The lowest BCUT2D eigenvalue weighted by Crippen LogP contribution is -2.45. The highest BCUT2D eigenvalue weighted by Gasteiger charge is 2.18. The van der Waals surface area contributed by atoms with Gasteiger partial charge in [0.25, 0.3) is 0 Å². The van der Waals surface area contributed by atoms with Gasteiger partial charge in [-0.25, -0.2) is 0 Å². The lowest BCUT2D eigenvalue weighted by Gasteiger charge is -2.20. The number of aliphatic hydroxyl groups is 2. The van der Waals surface area contributed by atoms with Gasteiger partial charge in [-0.15, -0.1) is 0 Å². The number of hydrogen-bond donors (Lipinski definition) is 3. The maximum Gasteiger partial charge on any atom is 0.305 e. The van der Waals surface area contributed by atoms with Crippen LogP contribution < -0.4 is 5.32 Å². The van der Waals surface area contributed by atoms with Crippen molar-refractivity contribution in [3.63, 3.8) is 0 Å². The average Bonchev–Trinajstić information content (AvgIpc) is 3.31. The largest absolute Gasteiger partial charge is 0.466 e. The van der Waals surface area contributed by atoms with Gasteiger partial charge in [-0.3, -0.25) is 9.59 Å². The summed E-state index contributed by atoms with van der Waals surface area (Å²) in [4.78, 5) is 24.5. The predicted molar refractivity (Wildman–Crippen MR) is 283 cm³/mol. The van der Waals surface area contributed by atoms with Gasteiger partial charge in [0.1, 0.15) is 0 Å². The minimum atomic E-state index is -0.846. The van der Waals surface area contributed by atoms with E-state index in [-0.39, 0.29) is 18.5 Å². The van der Waals surface area contributed by atoms with Gasteiger partial charge in [0, 0.05) is 12.8 Å². The van der Waals surface area contributed by atoms with Crippen molar-refractivity contribution < 1.29 is 24.5 Å². The molecule has 0 aromatic heterocycles. The molecule has 386 valence electrons. The van der Waals surface area contributed by atoms with Crippen LogP contribution in [-0.4, -0.2) is 47.4 Å². The summed E-state index contributed by atoms with van der Waals surface area (Å²) in [5, 5.41) is 23.1. The number of carbonyl (C=O) groups is 2. The first-order valence-electron chi connectivity index (χ1n) is 29.5. The molecule has 3 N–H and O–H groups in total. The van der Waals surface area contributed by atoms with Gasteiger partial charge in [-0.1, -0.05) is 296 Å². The summed E-state index contributed by atoms with van der Waals surface area (Å²) in [7, 11) is 0. The molecule has 0 saturated heterocycles. The van der Waals surface area contributed by atoms with Crippen molar-refractivity contribution in [3.8, 4) is 0 Å². The van der Waals surface area contributed by atoms with Gasteiger partial charge >= 0.3 is 5.97 Å². The molecule has 0 aliphatic heterocycles. The Kier molecular flexibility index (Phi) is 54.0. The Morgan fingerprint density at radius 3 is 1.05 bits per heavy atom. The molecule has 0 bridgehead atoms. The number of esters is 1. The average molecular weight is 919 g/mol. The van der Waals surface area contributed by atoms with Gasteiger partial charge < -0.3 is 20.3 Å². The normalized spacial score (nSPS) is 12.6. The van der Waals surface area contributed by atoms with Crippen molar-refractivity contribution >= 4 is 11.9 Å². The van der Waals surface area contributed by atoms with Crippen LogP contribution in [0, 0.1) is 0 Å². The molecule has 6 nitrogen and oxygen atoms in total. The highest BCUT2D eigenvalue weighted by atomic mass is 16.5. The number of ether oxygens (including phenoxy) is 1. The molecule has 0 saturated carbocycles. The van der Waals surface area contributed by atoms with E-state index in [2.05, 4.69) is 19.2 Å². The molecule has 2 unspecified atom stereocenters. The highest BCUT2D eigenvalue weighted by Crippen LogP contribution is 2.17. The quantitative estimate of drug-likeness (QED) is 0.0321. The number of allylic oxidation sites excluding steroid dienone is 1. The molecule has 1 amide bonds. The first kappa shape index (κ1) is 63.6. The predicted octanol–water partition coefficient (Wildman–Crippen LogP) is 18.1. The lowest BCUT2D eigenvalue weighted by molar-refractivity contribution is -0.143. The standard InChI is InChI=1S/C59H115NO5/c1-3-5-7-9-11-13-15-17-18-19-22-25-29-33-37-41-45-49-53-59(64)65-54-50-46-42-38-34-30-26-23-20-21-24-28-32-36-40-44-48-52-58(63)60-56(55-61)57(62)51-47-43-39-35-31-27-16-14-12-10-8-6-4-2/h47,51,56-57,61-62H,3-46,48-50,52-55H2,1-2H3,(H,60,63)/b51-47+. The van der Waals surface area contributed by atoms with Crippen molar-refractivity contribution in [1.29, 1.82) is 0 Å². The number of unbranched alkanes of at least 4 members (excludes halogenated alkanes) is 44. The first-order chi connectivity index (χ1) is 32.0. The fraction of sp³-hybridized carbons (Fsp3) is 0.932. The molecule has 0 rings (SSSR count). The monoisotopic (exact) mass is 918 g/mol. The zero-order valence-corrected chi connectivity index (χ0v) is 44.0. The molecule has 0 aliphatic carbocycles. The maximum atomic E-state index is 12.4. The third kappa shape index (κ3) is 51.8. The molecule has 0 fully saturated rings. The Hall–Kier alpha value is -1.40. The van der Waals surface area contributed by atoms with E-state index in [4.69, 9.17) is 4.74 Å². The van der Waals surface area contributed by atoms with Crippen molar-refractivity contribution in [2.24, 2.45) is 0 Å². The minimum absolute atomic E-state index is 0.00926. The highest BCUT2D eigenvalue weighted by molar-refractivity contribution is 5.76. The van der Waals surface area contributed by atoms with Gasteiger partial charge in [0.15, 0.2) is 0 Å². The molecule has 0 aliphatic rings. The molecule has 0 heterocycles. The van der Waals surface area contributed by atoms with Crippen LogP contribution >= 0.6 is 0 Å². The van der Waals surface area contributed by atoms with Crippen molar-refractivity contribution in [3.05, 3.63) is 12.2 Å². The van der Waals surface area contributed by atoms with Gasteiger partial charge in [0.05, 0.1) is 25.4 Å². The van der Waals surface area contributed by atoms with E-state index in [9.17, 15) is 19.8 Å². The summed E-state index contributed by atoms with van der Waals surface area (Å²) in [5.41, 5.74) is 0. The van der Waals surface area contributed by atoms with E-state index in [1.165, 1.54) is 263 Å². The number of amides is 1. The number of rotatable bonds is 55. The summed E-state index contributed by atoms with van der Waals surface area (Å²) in [6.45, 7) is 4.91. The Bertz CT molecular complexity index is 970. The zero-order valence-electron chi connectivity index (χ0n) is 44.0. The number of hydrogen-bond acceptors (Lipinski definition) is 5. The lowest BCUT2D eigenvalue weighted by atomic mass is 10.0. The Morgan fingerprint density at radius 2 is 0.708 bits per heavy atom. The maximum absolute atomic E-state index is 12.4. The van der Waals surface area contributed by atoms with Crippen LogP contribution in [0.4, 0.5) is 0 Å².